The zero-order chi connectivity index (χ0) is 25.4. The van der Waals surface area contributed by atoms with Gasteiger partial charge in [0.25, 0.3) is 0 Å². The van der Waals surface area contributed by atoms with Gasteiger partial charge in [-0.05, 0) is 46.9 Å². The van der Waals surface area contributed by atoms with E-state index in [2.05, 4.69) is 5.32 Å². The van der Waals surface area contributed by atoms with Gasteiger partial charge in [-0.25, -0.2) is 0 Å². The number of carbonyl (C=O) groups is 2. The van der Waals surface area contributed by atoms with Gasteiger partial charge < -0.3 is 10.2 Å². The summed E-state index contributed by atoms with van der Waals surface area (Å²) in [6.07, 6.45) is 0.342. The number of amides is 2. The number of nitrogens with zero attached hydrogens (tertiary/aromatic N) is 1. The first-order valence-corrected chi connectivity index (χ1v) is 12.7. The Morgan fingerprint density at radius 1 is 0.857 bits per heavy atom. The lowest BCUT2D eigenvalue weighted by molar-refractivity contribution is -0.140. The van der Waals surface area contributed by atoms with Gasteiger partial charge in [-0.3, -0.25) is 9.59 Å². The number of hydrogen-bond donors (Lipinski definition) is 1. The van der Waals surface area contributed by atoms with Gasteiger partial charge in [0.2, 0.25) is 11.8 Å². The van der Waals surface area contributed by atoms with Crippen LogP contribution in [-0.4, -0.2) is 29.3 Å². The van der Waals surface area contributed by atoms with Gasteiger partial charge in [-0.15, -0.1) is 0 Å². The van der Waals surface area contributed by atoms with Crippen molar-refractivity contribution in [1.29, 1.82) is 0 Å². The molecule has 3 rings (SSSR count). The molecule has 4 nitrogen and oxygen atoms in total. The van der Waals surface area contributed by atoms with Crippen molar-refractivity contribution in [2.45, 2.75) is 39.3 Å². The van der Waals surface area contributed by atoms with Crippen LogP contribution in [0.5, 0.6) is 0 Å². The summed E-state index contributed by atoms with van der Waals surface area (Å²) in [6, 6.07) is 21.4. The fourth-order valence-corrected chi connectivity index (χ4v) is 4.51. The summed E-state index contributed by atoms with van der Waals surface area (Å²) in [5.74, 6) is -0.181. The second-order valence-electron chi connectivity index (χ2n) is 8.87. The molecule has 0 aliphatic rings. The summed E-state index contributed by atoms with van der Waals surface area (Å²) >= 11 is 18.9. The summed E-state index contributed by atoms with van der Waals surface area (Å²) in [6.45, 7) is 4.79. The second kappa shape index (κ2) is 13.0. The minimum absolute atomic E-state index is 0.0260. The van der Waals surface area contributed by atoms with Gasteiger partial charge in [-0.2, -0.15) is 0 Å². The van der Waals surface area contributed by atoms with E-state index in [-0.39, 0.29) is 30.7 Å². The molecule has 0 radical (unpaired) electrons. The molecule has 0 aromatic heterocycles. The van der Waals surface area contributed by atoms with Crippen LogP contribution in [0, 0.1) is 5.92 Å². The van der Waals surface area contributed by atoms with Crippen LogP contribution in [0.15, 0.2) is 72.8 Å². The van der Waals surface area contributed by atoms with Crippen LogP contribution in [0.4, 0.5) is 0 Å². The third-order valence-electron chi connectivity index (χ3n) is 5.59. The van der Waals surface area contributed by atoms with Gasteiger partial charge in [-0.1, -0.05) is 97.2 Å². The minimum Gasteiger partial charge on any atom is -0.354 e. The minimum atomic E-state index is -0.733. The van der Waals surface area contributed by atoms with Gasteiger partial charge in [0, 0.05) is 34.6 Å². The highest BCUT2D eigenvalue weighted by Crippen LogP contribution is 2.26. The number of rotatable bonds is 10. The summed E-state index contributed by atoms with van der Waals surface area (Å²) < 4.78 is 0. The first-order valence-electron chi connectivity index (χ1n) is 11.5. The fourth-order valence-electron chi connectivity index (χ4n) is 3.76. The summed E-state index contributed by atoms with van der Waals surface area (Å²) in [5.41, 5.74) is 2.32. The topological polar surface area (TPSA) is 49.4 Å². The Bertz CT molecular complexity index is 1130. The normalized spacial score (nSPS) is 11.8. The van der Waals surface area contributed by atoms with Gasteiger partial charge in [0.1, 0.15) is 6.04 Å². The third kappa shape index (κ3) is 7.99. The zero-order valence-corrected chi connectivity index (χ0v) is 22.1. The lowest BCUT2D eigenvalue weighted by Crippen LogP contribution is -2.51. The maximum absolute atomic E-state index is 13.8. The Balaban J connectivity index is 2.00. The first kappa shape index (κ1) is 27.1. The molecule has 0 saturated carbocycles. The van der Waals surface area contributed by atoms with E-state index in [4.69, 9.17) is 34.8 Å². The average Bonchev–Trinajstić information content (AvgIpc) is 2.82. The van der Waals surface area contributed by atoms with Crippen LogP contribution < -0.4 is 5.32 Å². The molecule has 184 valence electrons. The van der Waals surface area contributed by atoms with E-state index in [0.29, 0.717) is 33.6 Å². The van der Waals surface area contributed by atoms with Crippen molar-refractivity contribution in [3.8, 4) is 0 Å². The molecule has 0 aliphatic carbocycles. The molecule has 3 aromatic carbocycles. The maximum atomic E-state index is 13.8. The van der Waals surface area contributed by atoms with Crippen molar-refractivity contribution in [2.75, 3.05) is 6.54 Å². The zero-order valence-electron chi connectivity index (χ0n) is 19.8. The largest absolute Gasteiger partial charge is 0.354 e. The molecule has 3 aromatic rings. The predicted molar refractivity (Wildman–Crippen MR) is 144 cm³/mol. The fraction of sp³-hybridized carbons (Fsp3) is 0.286. The third-order valence-corrected chi connectivity index (χ3v) is 6.53. The van der Waals surface area contributed by atoms with Gasteiger partial charge in [0.05, 0.1) is 6.42 Å². The molecule has 0 unspecified atom stereocenters. The van der Waals surface area contributed by atoms with Gasteiger partial charge in [0.15, 0.2) is 0 Å². The predicted octanol–water partition coefficient (Wildman–Crippen LogP) is 6.60. The molecule has 35 heavy (non-hydrogen) atoms. The Kier molecular flexibility index (Phi) is 10.0. The highest BCUT2D eigenvalue weighted by atomic mass is 35.5. The molecular weight excluding hydrogens is 503 g/mol. The van der Waals surface area contributed by atoms with E-state index >= 15 is 0 Å². The van der Waals surface area contributed by atoms with Gasteiger partial charge >= 0.3 is 0 Å². The van der Waals surface area contributed by atoms with E-state index in [9.17, 15) is 9.59 Å². The van der Waals surface area contributed by atoms with E-state index in [1.54, 1.807) is 35.2 Å². The van der Waals surface area contributed by atoms with Crippen LogP contribution in [0.25, 0.3) is 0 Å². The van der Waals surface area contributed by atoms with E-state index in [0.717, 1.165) is 11.1 Å². The number of halogens is 3. The molecule has 2 amide bonds. The van der Waals surface area contributed by atoms with E-state index in [1.807, 2.05) is 56.3 Å². The van der Waals surface area contributed by atoms with Crippen LogP contribution in [-0.2, 0) is 29.0 Å². The summed E-state index contributed by atoms with van der Waals surface area (Å²) in [4.78, 5) is 28.8. The second-order valence-corrected chi connectivity index (χ2v) is 10.1. The molecule has 0 saturated heterocycles. The van der Waals surface area contributed by atoms with Crippen molar-refractivity contribution in [1.82, 2.24) is 10.2 Å². The number of benzene rings is 3. The molecule has 0 heterocycles. The van der Waals surface area contributed by atoms with Crippen molar-refractivity contribution >= 4 is 46.6 Å². The van der Waals surface area contributed by atoms with Crippen molar-refractivity contribution in [2.24, 2.45) is 5.92 Å². The number of nitrogens with one attached hydrogen (secondary N) is 1. The Morgan fingerprint density at radius 2 is 1.49 bits per heavy atom. The molecule has 0 bridgehead atoms. The highest BCUT2D eigenvalue weighted by molar-refractivity contribution is 6.36. The van der Waals surface area contributed by atoms with E-state index in [1.165, 1.54) is 0 Å². The molecule has 1 atom stereocenters. The van der Waals surface area contributed by atoms with Crippen molar-refractivity contribution < 1.29 is 9.59 Å². The Labute approximate surface area is 222 Å². The smallest absolute Gasteiger partial charge is 0.243 e. The molecule has 0 spiro atoms. The maximum Gasteiger partial charge on any atom is 0.243 e. The summed E-state index contributed by atoms with van der Waals surface area (Å²) in [5, 5.41) is 4.40. The number of hydrogen-bond acceptors (Lipinski definition) is 2. The molecule has 7 heteroatoms. The van der Waals surface area contributed by atoms with Crippen LogP contribution in [0.3, 0.4) is 0 Å². The van der Waals surface area contributed by atoms with Crippen LogP contribution >= 0.6 is 34.8 Å². The first-order chi connectivity index (χ1) is 16.7. The highest BCUT2D eigenvalue weighted by Gasteiger charge is 2.31. The van der Waals surface area contributed by atoms with Crippen molar-refractivity contribution in [3.63, 3.8) is 0 Å². The average molecular weight is 532 g/mol. The lowest BCUT2D eigenvalue weighted by atomic mass is 10.0. The Hall–Kier alpha value is -2.53. The quantitative estimate of drug-likeness (QED) is 0.320. The monoisotopic (exact) mass is 530 g/mol. The summed E-state index contributed by atoms with van der Waals surface area (Å²) in [7, 11) is 0. The molecule has 0 fully saturated rings. The number of carbonyl (C=O) groups excluding carboxylic acids is 2. The van der Waals surface area contributed by atoms with Crippen LogP contribution in [0.2, 0.25) is 15.1 Å². The van der Waals surface area contributed by atoms with E-state index < -0.39 is 6.04 Å². The SMILES string of the molecule is CC(C)CNC(=O)[C@@H](Cc1ccccc1)N(Cc1cccc(Cl)c1)C(=O)Cc1c(Cl)cccc1Cl. The van der Waals surface area contributed by atoms with Crippen molar-refractivity contribution in [3.05, 3.63) is 105 Å². The Morgan fingerprint density at radius 3 is 2.11 bits per heavy atom. The van der Waals surface area contributed by atoms with Crippen LogP contribution in [0.1, 0.15) is 30.5 Å². The lowest BCUT2D eigenvalue weighted by Gasteiger charge is -2.32. The molecular formula is C28H29Cl3N2O2. The molecule has 1 N–H and O–H groups in total. The standard InChI is InChI=1S/C28H29Cl3N2O2/c1-19(2)17-32-28(35)26(15-20-8-4-3-5-9-20)33(18-21-10-6-11-22(29)14-21)27(34)16-23-24(30)12-7-13-25(23)31/h3-14,19,26H,15-18H2,1-2H3,(H,32,35)/t26-/m1/s1. The molecule has 0 aliphatic heterocycles.